The van der Waals surface area contributed by atoms with Crippen molar-refractivity contribution in [2.24, 2.45) is 0 Å². The summed E-state index contributed by atoms with van der Waals surface area (Å²) >= 11 is 0. The Labute approximate surface area is 163 Å². The first-order valence-corrected chi connectivity index (χ1v) is 9.25. The molecule has 0 aliphatic carbocycles. The zero-order chi connectivity index (χ0) is 19.9. The standard InChI is InChI=1S/C21H24F2N2O3/c1-27-18-8-4-16(5-9-18)17-11-13-25(14-17)21(26)24-12-10-15-2-6-19(7-3-15)28-20(22)23/h2-9,17,20H,10-14H2,1H3,(H,24,26). The molecule has 0 spiro atoms. The maximum absolute atomic E-state index is 12.4. The summed E-state index contributed by atoms with van der Waals surface area (Å²) in [5.74, 6) is 1.29. The third-order valence-corrected chi connectivity index (χ3v) is 4.90. The number of halogens is 2. The van der Waals surface area contributed by atoms with E-state index in [9.17, 15) is 13.6 Å². The highest BCUT2D eigenvalue weighted by Crippen LogP contribution is 2.28. The lowest BCUT2D eigenvalue weighted by Crippen LogP contribution is -2.39. The predicted octanol–water partition coefficient (Wildman–Crippen LogP) is 4.04. The fraction of sp³-hybridized carbons (Fsp3) is 0.381. The second-order valence-electron chi connectivity index (χ2n) is 6.71. The fourth-order valence-corrected chi connectivity index (χ4v) is 3.36. The Hall–Kier alpha value is -2.83. The van der Waals surface area contributed by atoms with Crippen LogP contribution in [-0.2, 0) is 6.42 Å². The van der Waals surface area contributed by atoms with Crippen molar-refractivity contribution in [1.29, 1.82) is 0 Å². The average molecular weight is 390 g/mol. The Kier molecular flexibility index (Phi) is 6.68. The molecule has 1 aliphatic rings. The molecule has 3 rings (SSSR count). The highest BCUT2D eigenvalue weighted by Gasteiger charge is 2.27. The number of methoxy groups -OCH3 is 1. The number of ether oxygens (including phenoxy) is 2. The number of benzene rings is 2. The van der Waals surface area contributed by atoms with Crippen LogP contribution in [0.5, 0.6) is 11.5 Å². The van der Waals surface area contributed by atoms with E-state index in [-0.39, 0.29) is 11.8 Å². The maximum atomic E-state index is 12.4. The van der Waals surface area contributed by atoms with Crippen LogP contribution in [0, 0.1) is 0 Å². The first-order valence-electron chi connectivity index (χ1n) is 9.25. The second kappa shape index (κ2) is 9.39. The van der Waals surface area contributed by atoms with Gasteiger partial charge < -0.3 is 19.7 Å². The first-order chi connectivity index (χ1) is 13.5. The van der Waals surface area contributed by atoms with E-state index in [2.05, 4.69) is 10.1 Å². The normalized spacial score (nSPS) is 16.3. The van der Waals surface area contributed by atoms with Crippen molar-refractivity contribution in [2.45, 2.75) is 25.4 Å². The molecule has 1 fully saturated rings. The van der Waals surface area contributed by atoms with E-state index in [1.807, 2.05) is 29.2 Å². The number of alkyl halides is 2. The fourth-order valence-electron chi connectivity index (χ4n) is 3.36. The lowest BCUT2D eigenvalue weighted by molar-refractivity contribution is -0.0498. The van der Waals surface area contributed by atoms with Crippen molar-refractivity contribution in [3.05, 3.63) is 59.7 Å². The van der Waals surface area contributed by atoms with Crippen LogP contribution in [0.2, 0.25) is 0 Å². The summed E-state index contributed by atoms with van der Waals surface area (Å²) in [6, 6.07) is 14.4. The number of hydrogen-bond acceptors (Lipinski definition) is 3. The van der Waals surface area contributed by atoms with E-state index in [0.29, 0.717) is 25.4 Å². The minimum atomic E-state index is -2.83. The van der Waals surface area contributed by atoms with Crippen molar-refractivity contribution in [3.8, 4) is 11.5 Å². The van der Waals surface area contributed by atoms with Crippen LogP contribution in [0.15, 0.2) is 48.5 Å². The summed E-state index contributed by atoms with van der Waals surface area (Å²) in [6.07, 6.45) is 1.56. The number of carbonyl (C=O) groups is 1. The molecule has 1 atom stereocenters. The van der Waals surface area contributed by atoms with Crippen molar-refractivity contribution in [1.82, 2.24) is 10.2 Å². The zero-order valence-corrected chi connectivity index (χ0v) is 15.7. The van der Waals surface area contributed by atoms with Crippen molar-refractivity contribution >= 4 is 6.03 Å². The van der Waals surface area contributed by atoms with E-state index >= 15 is 0 Å². The Morgan fingerprint density at radius 1 is 1.14 bits per heavy atom. The van der Waals surface area contributed by atoms with E-state index in [0.717, 1.165) is 24.3 Å². The molecule has 1 saturated heterocycles. The van der Waals surface area contributed by atoms with Gasteiger partial charge in [0, 0.05) is 25.6 Å². The van der Waals surface area contributed by atoms with Gasteiger partial charge >= 0.3 is 12.6 Å². The number of nitrogens with one attached hydrogen (secondary N) is 1. The molecule has 2 aromatic rings. The van der Waals surface area contributed by atoms with E-state index in [4.69, 9.17) is 4.74 Å². The van der Waals surface area contributed by atoms with E-state index in [1.165, 1.54) is 17.7 Å². The summed E-state index contributed by atoms with van der Waals surface area (Å²) in [5.41, 5.74) is 2.15. The second-order valence-corrected chi connectivity index (χ2v) is 6.71. The molecular formula is C21H24F2N2O3. The average Bonchev–Trinajstić information content (AvgIpc) is 3.19. The zero-order valence-electron chi connectivity index (χ0n) is 15.7. The van der Waals surface area contributed by atoms with Gasteiger partial charge in [0.15, 0.2) is 0 Å². The van der Waals surface area contributed by atoms with Gasteiger partial charge in [0.1, 0.15) is 11.5 Å². The maximum Gasteiger partial charge on any atom is 0.387 e. The van der Waals surface area contributed by atoms with Gasteiger partial charge in [-0.15, -0.1) is 0 Å². The Morgan fingerprint density at radius 2 is 1.82 bits per heavy atom. The summed E-state index contributed by atoms with van der Waals surface area (Å²) < 4.78 is 33.8. The number of likely N-dealkylation sites (tertiary alicyclic amines) is 1. The summed E-state index contributed by atoms with van der Waals surface area (Å²) in [5, 5.41) is 2.93. The molecule has 150 valence electrons. The monoisotopic (exact) mass is 390 g/mol. The molecule has 1 heterocycles. The van der Waals surface area contributed by atoms with Gasteiger partial charge in [-0.25, -0.2) is 4.79 Å². The van der Waals surface area contributed by atoms with Crippen LogP contribution in [0.3, 0.4) is 0 Å². The Morgan fingerprint density at radius 3 is 2.46 bits per heavy atom. The third kappa shape index (κ3) is 5.34. The van der Waals surface area contributed by atoms with E-state index < -0.39 is 6.61 Å². The summed E-state index contributed by atoms with van der Waals surface area (Å²) in [4.78, 5) is 14.2. The topological polar surface area (TPSA) is 50.8 Å². The number of rotatable bonds is 7. The van der Waals surface area contributed by atoms with E-state index in [1.54, 1.807) is 19.2 Å². The lowest BCUT2D eigenvalue weighted by Gasteiger charge is -2.18. The quantitative estimate of drug-likeness (QED) is 0.776. The predicted molar refractivity (Wildman–Crippen MR) is 102 cm³/mol. The number of hydrogen-bond donors (Lipinski definition) is 1. The molecule has 1 N–H and O–H groups in total. The molecule has 1 unspecified atom stereocenters. The Balaban J connectivity index is 1.42. The lowest BCUT2D eigenvalue weighted by atomic mass is 9.98. The van der Waals surface area contributed by atoms with Gasteiger partial charge in [-0.05, 0) is 48.2 Å². The minimum Gasteiger partial charge on any atom is -0.497 e. The van der Waals surface area contributed by atoms with Crippen LogP contribution < -0.4 is 14.8 Å². The summed E-state index contributed by atoms with van der Waals surface area (Å²) in [6.45, 7) is -0.926. The van der Waals surface area contributed by atoms with Crippen LogP contribution in [0.1, 0.15) is 23.5 Å². The first kappa shape index (κ1) is 19.9. The van der Waals surface area contributed by atoms with Gasteiger partial charge in [0.2, 0.25) is 0 Å². The molecule has 7 heteroatoms. The number of carbonyl (C=O) groups excluding carboxylic acids is 1. The molecule has 2 aromatic carbocycles. The molecule has 0 bridgehead atoms. The van der Waals surface area contributed by atoms with Gasteiger partial charge in [0.25, 0.3) is 0 Å². The van der Waals surface area contributed by atoms with Crippen LogP contribution in [0.25, 0.3) is 0 Å². The molecule has 1 aliphatic heterocycles. The molecule has 5 nitrogen and oxygen atoms in total. The largest absolute Gasteiger partial charge is 0.497 e. The minimum absolute atomic E-state index is 0.0753. The highest BCUT2D eigenvalue weighted by atomic mass is 19.3. The SMILES string of the molecule is COc1ccc(C2CCN(C(=O)NCCc3ccc(OC(F)F)cc3)C2)cc1. The summed E-state index contributed by atoms with van der Waals surface area (Å²) in [7, 11) is 1.64. The van der Waals surface area contributed by atoms with Gasteiger partial charge in [0.05, 0.1) is 7.11 Å². The van der Waals surface area contributed by atoms with Crippen LogP contribution in [0.4, 0.5) is 13.6 Å². The number of amides is 2. The van der Waals surface area contributed by atoms with Gasteiger partial charge in [-0.2, -0.15) is 8.78 Å². The van der Waals surface area contributed by atoms with Crippen LogP contribution >= 0.6 is 0 Å². The molecule has 0 aromatic heterocycles. The van der Waals surface area contributed by atoms with Crippen LogP contribution in [-0.4, -0.2) is 44.3 Å². The molecule has 28 heavy (non-hydrogen) atoms. The molecule has 0 radical (unpaired) electrons. The Bertz CT molecular complexity index is 766. The van der Waals surface area contributed by atoms with Gasteiger partial charge in [-0.1, -0.05) is 24.3 Å². The highest BCUT2D eigenvalue weighted by molar-refractivity contribution is 5.74. The van der Waals surface area contributed by atoms with Crippen molar-refractivity contribution in [3.63, 3.8) is 0 Å². The number of nitrogens with zero attached hydrogens (tertiary/aromatic N) is 1. The number of urea groups is 1. The van der Waals surface area contributed by atoms with Crippen molar-refractivity contribution in [2.75, 3.05) is 26.7 Å². The van der Waals surface area contributed by atoms with Crippen molar-refractivity contribution < 1.29 is 23.0 Å². The molecular weight excluding hydrogens is 366 g/mol. The molecule has 0 saturated carbocycles. The third-order valence-electron chi connectivity index (χ3n) is 4.90. The smallest absolute Gasteiger partial charge is 0.387 e. The van der Waals surface area contributed by atoms with Gasteiger partial charge in [-0.3, -0.25) is 0 Å². The molecule has 2 amide bonds.